The summed E-state index contributed by atoms with van der Waals surface area (Å²) in [6.45, 7) is 2.45. The Morgan fingerprint density at radius 3 is 2.52 bits per heavy atom. The Morgan fingerprint density at radius 1 is 1.21 bits per heavy atom. The quantitative estimate of drug-likeness (QED) is 0.628. The number of hydrogen-bond donors (Lipinski definition) is 1. The molecule has 0 saturated heterocycles. The molecule has 1 fully saturated rings. The van der Waals surface area contributed by atoms with Gasteiger partial charge in [0.05, 0.1) is 29.6 Å². The fourth-order valence-corrected chi connectivity index (χ4v) is 4.21. The maximum Gasteiger partial charge on any atom is 0.232 e. The van der Waals surface area contributed by atoms with E-state index in [-0.39, 0.29) is 5.75 Å². The number of aromatic nitrogens is 1. The topological polar surface area (TPSA) is 84.1 Å². The summed E-state index contributed by atoms with van der Waals surface area (Å²) in [5.41, 5.74) is 3.88. The summed E-state index contributed by atoms with van der Waals surface area (Å²) in [6.07, 6.45) is 2.39. The van der Waals surface area contributed by atoms with Crippen molar-refractivity contribution in [1.82, 2.24) is 4.57 Å². The van der Waals surface area contributed by atoms with Gasteiger partial charge in [-0.1, -0.05) is 12.1 Å². The maximum absolute atomic E-state index is 11.8. The van der Waals surface area contributed by atoms with Crippen molar-refractivity contribution in [2.45, 2.75) is 26.3 Å². The third-order valence-electron chi connectivity index (χ3n) is 5.33. The van der Waals surface area contributed by atoms with Crippen LogP contribution in [0.4, 0.5) is 5.69 Å². The number of nitrogens with zero attached hydrogens (tertiary/aromatic N) is 2. The summed E-state index contributed by atoms with van der Waals surface area (Å²) in [7, 11) is -1.69. The molecule has 1 heterocycles. The van der Waals surface area contributed by atoms with Crippen molar-refractivity contribution in [2.24, 2.45) is 5.92 Å². The lowest BCUT2D eigenvalue weighted by molar-refractivity contribution is 0.415. The van der Waals surface area contributed by atoms with E-state index < -0.39 is 10.0 Å². The average Bonchev–Trinajstić information content (AvgIpc) is 3.49. The van der Waals surface area contributed by atoms with Crippen molar-refractivity contribution in [3.05, 3.63) is 48.0 Å². The molecule has 4 rings (SSSR count). The number of ether oxygens (including phenoxy) is 1. The van der Waals surface area contributed by atoms with Crippen molar-refractivity contribution < 1.29 is 13.2 Å². The van der Waals surface area contributed by atoms with Crippen molar-refractivity contribution in [3.63, 3.8) is 0 Å². The van der Waals surface area contributed by atoms with Crippen LogP contribution < -0.4 is 9.46 Å². The lowest BCUT2D eigenvalue weighted by atomic mass is 10.1. The molecule has 1 saturated carbocycles. The van der Waals surface area contributed by atoms with Crippen LogP contribution in [0.2, 0.25) is 0 Å². The highest BCUT2D eigenvalue weighted by atomic mass is 32.2. The van der Waals surface area contributed by atoms with Gasteiger partial charge < -0.3 is 9.30 Å². The molecule has 1 aliphatic carbocycles. The van der Waals surface area contributed by atoms with Crippen molar-refractivity contribution >= 4 is 26.6 Å². The Bertz CT molecular complexity index is 1200. The van der Waals surface area contributed by atoms with E-state index in [2.05, 4.69) is 15.4 Å². The second-order valence-corrected chi connectivity index (χ2v) is 9.37. The fourth-order valence-electron chi connectivity index (χ4n) is 3.57. The van der Waals surface area contributed by atoms with Gasteiger partial charge in [-0.25, -0.2) is 8.42 Å². The van der Waals surface area contributed by atoms with E-state index in [1.807, 2.05) is 30.3 Å². The summed E-state index contributed by atoms with van der Waals surface area (Å²) >= 11 is 0. The maximum atomic E-state index is 11.8. The first kappa shape index (κ1) is 19.3. The minimum atomic E-state index is -3.33. The summed E-state index contributed by atoms with van der Waals surface area (Å²) in [6, 6.07) is 15.4. The number of rotatable bonds is 7. The number of methoxy groups -OCH3 is 1. The third kappa shape index (κ3) is 3.81. The highest BCUT2D eigenvalue weighted by Crippen LogP contribution is 2.39. The van der Waals surface area contributed by atoms with Crippen LogP contribution in [0.1, 0.15) is 25.3 Å². The number of benzene rings is 2. The van der Waals surface area contributed by atoms with Gasteiger partial charge in [-0.2, -0.15) is 5.26 Å². The van der Waals surface area contributed by atoms with Gasteiger partial charge in [-0.15, -0.1) is 0 Å². The molecule has 2 aromatic carbocycles. The predicted octanol–water partition coefficient (Wildman–Crippen LogP) is 4.36. The van der Waals surface area contributed by atoms with E-state index in [9.17, 15) is 13.7 Å². The van der Waals surface area contributed by atoms with Gasteiger partial charge >= 0.3 is 0 Å². The summed E-state index contributed by atoms with van der Waals surface area (Å²) in [5, 5.41) is 10.8. The van der Waals surface area contributed by atoms with E-state index in [0.29, 0.717) is 17.2 Å². The van der Waals surface area contributed by atoms with Gasteiger partial charge in [0.15, 0.2) is 0 Å². The molecule has 3 aromatic rings. The lowest BCUT2D eigenvalue weighted by Gasteiger charge is -2.12. The van der Waals surface area contributed by atoms with Gasteiger partial charge in [0, 0.05) is 23.7 Å². The molecule has 0 unspecified atom stereocenters. The third-order valence-corrected chi connectivity index (χ3v) is 6.64. The molecule has 150 valence electrons. The van der Waals surface area contributed by atoms with Crippen molar-refractivity contribution in [3.8, 4) is 23.1 Å². The van der Waals surface area contributed by atoms with Crippen LogP contribution in [-0.2, 0) is 16.6 Å². The van der Waals surface area contributed by atoms with Crippen LogP contribution in [0.25, 0.3) is 22.2 Å². The number of sulfonamides is 1. The first-order valence-electron chi connectivity index (χ1n) is 9.67. The second-order valence-electron chi connectivity index (χ2n) is 7.36. The molecule has 0 aliphatic heterocycles. The number of anilines is 1. The monoisotopic (exact) mass is 409 g/mol. The van der Waals surface area contributed by atoms with Crippen LogP contribution in [0.5, 0.6) is 5.75 Å². The number of fused-ring (bicyclic) bond motifs is 1. The molecule has 29 heavy (non-hydrogen) atoms. The highest BCUT2D eigenvalue weighted by Gasteiger charge is 2.26. The van der Waals surface area contributed by atoms with Crippen LogP contribution in [-0.4, -0.2) is 25.8 Å². The van der Waals surface area contributed by atoms with Gasteiger partial charge in [0.1, 0.15) is 11.8 Å². The normalized spacial score (nSPS) is 14.0. The molecular weight excluding hydrogens is 386 g/mol. The van der Waals surface area contributed by atoms with E-state index in [4.69, 9.17) is 4.74 Å². The Morgan fingerprint density at radius 2 is 1.93 bits per heavy atom. The van der Waals surface area contributed by atoms with Crippen molar-refractivity contribution in [2.75, 3.05) is 17.6 Å². The zero-order valence-electron chi connectivity index (χ0n) is 16.5. The Labute approximate surface area is 170 Å². The summed E-state index contributed by atoms with van der Waals surface area (Å²) < 4.78 is 33.8. The smallest absolute Gasteiger partial charge is 0.232 e. The van der Waals surface area contributed by atoms with Gasteiger partial charge in [-0.05, 0) is 55.5 Å². The molecule has 0 spiro atoms. The molecule has 7 heteroatoms. The van der Waals surface area contributed by atoms with E-state index in [1.165, 1.54) is 12.8 Å². The van der Waals surface area contributed by atoms with Gasteiger partial charge in [0.2, 0.25) is 10.0 Å². The summed E-state index contributed by atoms with van der Waals surface area (Å²) in [4.78, 5) is 0. The predicted molar refractivity (Wildman–Crippen MR) is 114 cm³/mol. The first-order chi connectivity index (χ1) is 14.0. The van der Waals surface area contributed by atoms with E-state index in [0.717, 1.165) is 34.5 Å². The molecular formula is C22H23N3O3S. The number of hydrogen-bond acceptors (Lipinski definition) is 4. The number of nitriles is 1. The molecule has 6 nitrogen and oxygen atoms in total. The van der Waals surface area contributed by atoms with Crippen molar-refractivity contribution in [1.29, 1.82) is 5.26 Å². The van der Waals surface area contributed by atoms with Crippen LogP contribution in [0.3, 0.4) is 0 Å². The highest BCUT2D eigenvalue weighted by molar-refractivity contribution is 7.92. The number of nitrogens with one attached hydrogen (secondary N) is 1. The molecule has 0 bridgehead atoms. The van der Waals surface area contributed by atoms with Gasteiger partial charge in [0.25, 0.3) is 0 Å². The van der Waals surface area contributed by atoms with Crippen LogP contribution in [0.15, 0.2) is 42.5 Å². The largest absolute Gasteiger partial charge is 0.497 e. The minimum Gasteiger partial charge on any atom is -0.497 e. The lowest BCUT2D eigenvalue weighted by Crippen LogP contribution is -2.14. The van der Waals surface area contributed by atoms with Gasteiger partial charge in [-0.3, -0.25) is 4.72 Å². The molecule has 1 N–H and O–H groups in total. The minimum absolute atomic E-state index is 0.0186. The molecule has 0 amide bonds. The second kappa shape index (κ2) is 7.45. The van der Waals surface area contributed by atoms with E-state index >= 15 is 0 Å². The van der Waals surface area contributed by atoms with E-state index in [1.54, 1.807) is 26.2 Å². The van der Waals surface area contributed by atoms with Crippen LogP contribution >= 0.6 is 0 Å². The molecule has 1 aromatic heterocycles. The Kier molecular flexibility index (Phi) is 4.97. The molecule has 1 aliphatic rings. The zero-order valence-corrected chi connectivity index (χ0v) is 17.3. The fraction of sp³-hybridized carbons (Fsp3) is 0.318. The first-order valence-corrected chi connectivity index (χ1v) is 11.3. The Hall–Kier alpha value is -2.98. The summed E-state index contributed by atoms with van der Waals surface area (Å²) in [5.74, 6) is 1.40. The molecule has 0 radical (unpaired) electrons. The zero-order chi connectivity index (χ0) is 20.6. The standard InChI is InChI=1S/C22H23N3O3S/c1-3-29(26,27)24-17-8-6-16(7-9-17)22-20(13-23)19-11-10-18(28-2)12-21(19)25(22)14-15-4-5-15/h6-12,15,24H,3-5,14H2,1-2H3. The van der Waals surface area contributed by atoms with Crippen LogP contribution in [0, 0.1) is 17.2 Å². The molecule has 0 atom stereocenters. The SMILES string of the molecule is CCS(=O)(=O)Nc1ccc(-c2c(C#N)c3ccc(OC)cc3n2CC2CC2)cc1. The Balaban J connectivity index is 1.84. The average molecular weight is 410 g/mol.